The SMILES string of the molecule is CCOC(=O)c1cc([N+](=O)[O-])cc2c1OCCN2Cc1cnc[nH]1.O=[N+]([O-])c1cc2c(c(C(F)(F)F)c1)OCCN2Cc1cnc[nH]1. The van der Waals surface area contributed by atoms with Crippen LogP contribution in [0.25, 0.3) is 0 Å². The zero-order chi connectivity index (χ0) is 33.7. The number of hydrogen-bond donors (Lipinski definition) is 2. The lowest BCUT2D eigenvalue weighted by atomic mass is 10.1. The van der Waals surface area contributed by atoms with Gasteiger partial charge in [-0.1, -0.05) is 0 Å². The number of ether oxygens (including phenoxy) is 3. The number of alkyl halides is 3. The van der Waals surface area contributed by atoms with Crippen LogP contribution in [0.3, 0.4) is 0 Å². The molecule has 0 spiro atoms. The molecule has 0 radical (unpaired) electrons. The van der Waals surface area contributed by atoms with Gasteiger partial charge in [-0.05, 0) is 6.92 Å². The number of carbonyl (C=O) groups excluding carboxylic acids is 1. The number of H-pyrrole nitrogens is 2. The van der Waals surface area contributed by atoms with Crippen LogP contribution in [0, 0.1) is 20.2 Å². The second kappa shape index (κ2) is 13.6. The Balaban J connectivity index is 0.000000185. The molecule has 0 atom stereocenters. The molecule has 0 saturated heterocycles. The number of imidazole rings is 2. The molecule has 6 rings (SSSR count). The van der Waals surface area contributed by atoms with Crippen LogP contribution in [-0.2, 0) is 24.0 Å². The summed E-state index contributed by atoms with van der Waals surface area (Å²) in [6.07, 6.45) is 1.49. The molecule has 2 N–H and O–H groups in total. The molecule has 0 amide bonds. The Kier molecular flexibility index (Phi) is 9.43. The Hall–Kier alpha value is -5.88. The van der Waals surface area contributed by atoms with Crippen LogP contribution in [0.15, 0.2) is 49.3 Å². The first-order chi connectivity index (χ1) is 22.5. The maximum Gasteiger partial charge on any atom is 0.420 e. The van der Waals surface area contributed by atoms with Gasteiger partial charge in [0.1, 0.15) is 24.3 Å². The van der Waals surface area contributed by atoms with E-state index < -0.39 is 33.2 Å². The molecule has 47 heavy (non-hydrogen) atoms. The van der Waals surface area contributed by atoms with E-state index in [9.17, 15) is 38.2 Å². The zero-order valence-corrected chi connectivity index (χ0v) is 24.7. The summed E-state index contributed by atoms with van der Waals surface area (Å²) in [6, 6.07) is 4.20. The largest absolute Gasteiger partial charge is 0.489 e. The summed E-state index contributed by atoms with van der Waals surface area (Å²) in [7, 11) is 0. The quantitative estimate of drug-likeness (QED) is 0.151. The van der Waals surface area contributed by atoms with Gasteiger partial charge in [0.2, 0.25) is 0 Å². The average Bonchev–Trinajstić information content (AvgIpc) is 3.75. The summed E-state index contributed by atoms with van der Waals surface area (Å²) in [4.78, 5) is 50.1. The van der Waals surface area contributed by atoms with Gasteiger partial charge in [0.15, 0.2) is 11.5 Å². The maximum absolute atomic E-state index is 13.2. The number of nitrogens with zero attached hydrogens (tertiary/aromatic N) is 6. The summed E-state index contributed by atoms with van der Waals surface area (Å²) in [5, 5.41) is 22.2. The van der Waals surface area contributed by atoms with Crippen LogP contribution in [0.4, 0.5) is 35.9 Å². The highest BCUT2D eigenvalue weighted by Gasteiger charge is 2.40. The predicted octanol–water partition coefficient (Wildman–Crippen LogP) is 4.63. The molecule has 0 bridgehead atoms. The van der Waals surface area contributed by atoms with Crippen molar-refractivity contribution in [3.05, 3.63) is 92.1 Å². The molecule has 2 aromatic carbocycles. The number of rotatable bonds is 8. The number of hydrogen-bond acceptors (Lipinski definition) is 12. The van der Waals surface area contributed by atoms with E-state index in [0.717, 1.165) is 11.8 Å². The number of benzene rings is 2. The van der Waals surface area contributed by atoms with Gasteiger partial charge in [-0.15, -0.1) is 0 Å². The molecule has 2 aromatic heterocycles. The summed E-state index contributed by atoms with van der Waals surface area (Å²) in [5.74, 6) is -0.709. The Bertz CT molecular complexity index is 1750. The first-order valence-electron chi connectivity index (χ1n) is 14.1. The van der Waals surface area contributed by atoms with Crippen molar-refractivity contribution in [2.24, 2.45) is 0 Å². The van der Waals surface area contributed by atoms with Crippen molar-refractivity contribution in [3.63, 3.8) is 0 Å². The van der Waals surface area contributed by atoms with Crippen LogP contribution in [0.1, 0.15) is 34.2 Å². The van der Waals surface area contributed by atoms with E-state index in [1.165, 1.54) is 24.7 Å². The highest BCUT2D eigenvalue weighted by atomic mass is 19.4. The number of aromatic amines is 2. The van der Waals surface area contributed by atoms with E-state index in [1.54, 1.807) is 24.3 Å². The zero-order valence-electron chi connectivity index (χ0n) is 24.7. The van der Waals surface area contributed by atoms with Crippen LogP contribution >= 0.6 is 0 Å². The van der Waals surface area contributed by atoms with Crippen molar-refractivity contribution >= 4 is 28.7 Å². The molecule has 4 heterocycles. The van der Waals surface area contributed by atoms with Gasteiger partial charge in [-0.25, -0.2) is 14.8 Å². The first kappa shape index (κ1) is 32.5. The van der Waals surface area contributed by atoms with Gasteiger partial charge in [0.25, 0.3) is 11.4 Å². The molecular formula is C28H27F3N8O8. The minimum Gasteiger partial charge on any atom is -0.489 e. The molecule has 0 aliphatic carbocycles. The minimum absolute atomic E-state index is 0.0485. The van der Waals surface area contributed by atoms with E-state index in [-0.39, 0.29) is 42.4 Å². The number of nitrogens with one attached hydrogen (secondary N) is 2. The second-order valence-corrected chi connectivity index (χ2v) is 10.1. The number of non-ortho nitro benzene ring substituents is 2. The summed E-state index contributed by atoms with van der Waals surface area (Å²) >= 11 is 0. The number of halogens is 3. The summed E-state index contributed by atoms with van der Waals surface area (Å²) < 4.78 is 55.3. The number of aromatic nitrogens is 4. The van der Waals surface area contributed by atoms with Crippen LogP contribution in [0.5, 0.6) is 11.5 Å². The van der Waals surface area contributed by atoms with Crippen LogP contribution in [0.2, 0.25) is 0 Å². The van der Waals surface area contributed by atoms with Gasteiger partial charge >= 0.3 is 12.1 Å². The monoisotopic (exact) mass is 660 g/mol. The lowest BCUT2D eigenvalue weighted by Gasteiger charge is -2.32. The third-order valence-corrected chi connectivity index (χ3v) is 7.06. The van der Waals surface area contributed by atoms with Gasteiger partial charge < -0.3 is 34.0 Å². The topological polar surface area (TPSA) is 195 Å². The smallest absolute Gasteiger partial charge is 0.420 e. The molecule has 2 aliphatic rings. The first-order valence-corrected chi connectivity index (χ1v) is 14.1. The van der Waals surface area contributed by atoms with E-state index >= 15 is 0 Å². The second-order valence-electron chi connectivity index (χ2n) is 10.1. The number of esters is 1. The lowest BCUT2D eigenvalue weighted by Crippen LogP contribution is -2.33. The fourth-order valence-corrected chi connectivity index (χ4v) is 4.99. The molecule has 16 nitrogen and oxygen atoms in total. The van der Waals surface area contributed by atoms with Crippen molar-refractivity contribution in [1.82, 2.24) is 19.9 Å². The van der Waals surface area contributed by atoms with Crippen molar-refractivity contribution < 1.29 is 42.0 Å². The van der Waals surface area contributed by atoms with Gasteiger partial charge in [-0.2, -0.15) is 13.2 Å². The molecule has 0 fully saturated rings. The molecular weight excluding hydrogens is 633 g/mol. The Morgan fingerprint density at radius 3 is 1.87 bits per heavy atom. The third-order valence-electron chi connectivity index (χ3n) is 7.06. The van der Waals surface area contributed by atoms with E-state index in [2.05, 4.69) is 19.9 Å². The fourth-order valence-electron chi connectivity index (χ4n) is 4.99. The number of fused-ring (bicyclic) bond motifs is 2. The molecule has 0 unspecified atom stereocenters. The van der Waals surface area contributed by atoms with E-state index in [0.29, 0.717) is 49.4 Å². The molecule has 19 heteroatoms. The van der Waals surface area contributed by atoms with Gasteiger partial charge in [0.05, 0.1) is 78.0 Å². The average molecular weight is 661 g/mol. The Morgan fingerprint density at radius 2 is 1.40 bits per heavy atom. The summed E-state index contributed by atoms with van der Waals surface area (Å²) in [5.41, 5.74) is 0.185. The van der Waals surface area contributed by atoms with E-state index in [1.807, 2.05) is 4.90 Å². The van der Waals surface area contributed by atoms with Crippen molar-refractivity contribution in [3.8, 4) is 11.5 Å². The van der Waals surface area contributed by atoms with Gasteiger partial charge in [0, 0.05) is 36.7 Å². The fraction of sp³-hybridized carbons (Fsp3) is 0.321. The minimum atomic E-state index is -4.74. The Labute approximate surface area is 263 Å². The molecule has 0 saturated carbocycles. The predicted molar refractivity (Wildman–Crippen MR) is 157 cm³/mol. The number of carbonyl (C=O) groups is 1. The number of nitro benzene ring substituents is 2. The highest BCUT2D eigenvalue weighted by molar-refractivity contribution is 5.96. The lowest BCUT2D eigenvalue weighted by molar-refractivity contribution is -0.385. The van der Waals surface area contributed by atoms with Crippen molar-refractivity contribution in [2.45, 2.75) is 26.2 Å². The van der Waals surface area contributed by atoms with Crippen LogP contribution < -0.4 is 19.3 Å². The molecule has 248 valence electrons. The third kappa shape index (κ3) is 7.34. The van der Waals surface area contributed by atoms with Crippen molar-refractivity contribution in [1.29, 1.82) is 0 Å². The number of nitro groups is 2. The summed E-state index contributed by atoms with van der Waals surface area (Å²) in [6.45, 7) is 3.84. The molecule has 4 aromatic rings. The standard InChI is InChI=1S/C15H16N4O5.C13H11F3N4O3/c1-2-23-15(20)12-5-11(19(21)22)6-13-14(12)24-4-3-18(13)8-10-7-16-9-17-10;14-13(15,16)10-3-9(20(21)22)4-11-12(10)23-2-1-19(11)6-8-5-17-7-18-8/h5-7,9H,2-4,8H2,1H3,(H,16,17);3-5,7H,1-2,6H2,(H,17,18). The number of anilines is 2. The maximum atomic E-state index is 13.2. The van der Waals surface area contributed by atoms with E-state index in [4.69, 9.17) is 14.2 Å². The highest BCUT2D eigenvalue weighted by Crippen LogP contribution is 2.46. The normalized spacial score (nSPS) is 13.7. The molecule has 2 aliphatic heterocycles. The van der Waals surface area contributed by atoms with Crippen molar-refractivity contribution in [2.75, 3.05) is 42.7 Å². The van der Waals surface area contributed by atoms with Crippen LogP contribution in [-0.4, -0.2) is 68.7 Å². The van der Waals surface area contributed by atoms with Gasteiger partial charge in [-0.3, -0.25) is 20.2 Å². The Morgan fingerprint density at radius 1 is 0.894 bits per heavy atom.